The fourth-order valence-corrected chi connectivity index (χ4v) is 8.83. The quantitative estimate of drug-likeness (QED) is 0.164. The van der Waals surface area contributed by atoms with Crippen molar-refractivity contribution in [3.8, 4) is 50.3 Å². The van der Waals surface area contributed by atoms with Crippen molar-refractivity contribution in [3.63, 3.8) is 0 Å². The van der Waals surface area contributed by atoms with Crippen LogP contribution in [0.2, 0.25) is 0 Å². The summed E-state index contributed by atoms with van der Waals surface area (Å²) in [5, 5.41) is 16.4. The van der Waals surface area contributed by atoms with Gasteiger partial charge in [-0.05, 0) is 83.7 Å². The molecule has 55 heavy (non-hydrogen) atoms. The zero-order valence-corrected chi connectivity index (χ0v) is 30.0. The second kappa shape index (κ2) is 12.7. The lowest BCUT2D eigenvalue weighted by Crippen LogP contribution is -1.98. The highest BCUT2D eigenvalue weighted by molar-refractivity contribution is 6.30. The van der Waals surface area contributed by atoms with Gasteiger partial charge < -0.3 is 0 Å². The maximum atomic E-state index is 5.52. The molecule has 11 rings (SSSR count). The molecular formula is C53H34N2. The molecule has 10 aromatic carbocycles. The van der Waals surface area contributed by atoms with Crippen LogP contribution in [0.3, 0.4) is 0 Å². The first kappa shape index (κ1) is 31.3. The molecule has 0 saturated heterocycles. The molecule has 0 N–H and O–H groups in total. The number of nitrogens with zero attached hydrogens (tertiary/aromatic N) is 2. The van der Waals surface area contributed by atoms with Crippen LogP contribution in [-0.4, -0.2) is 9.78 Å². The second-order valence-corrected chi connectivity index (χ2v) is 14.3. The van der Waals surface area contributed by atoms with Gasteiger partial charge in [-0.15, -0.1) is 0 Å². The van der Waals surface area contributed by atoms with Crippen LogP contribution < -0.4 is 0 Å². The highest BCUT2D eigenvalue weighted by Crippen LogP contribution is 2.52. The molecule has 0 aliphatic rings. The molecule has 0 bridgehead atoms. The maximum Gasteiger partial charge on any atom is 0.101 e. The lowest BCUT2D eigenvalue weighted by atomic mass is 9.80. The van der Waals surface area contributed by atoms with Gasteiger partial charge in [0.2, 0.25) is 0 Å². The van der Waals surface area contributed by atoms with Crippen LogP contribution >= 0.6 is 0 Å². The number of fused-ring (bicyclic) bond motifs is 6. The lowest BCUT2D eigenvalue weighted by molar-refractivity contribution is 0.918. The van der Waals surface area contributed by atoms with Crippen LogP contribution in [0.5, 0.6) is 0 Å². The van der Waals surface area contributed by atoms with Gasteiger partial charge in [0.25, 0.3) is 0 Å². The van der Waals surface area contributed by atoms with E-state index in [4.69, 9.17) is 5.10 Å². The second-order valence-electron chi connectivity index (χ2n) is 14.3. The van der Waals surface area contributed by atoms with Gasteiger partial charge in [-0.1, -0.05) is 188 Å². The Morgan fingerprint density at radius 1 is 0.309 bits per heavy atom. The summed E-state index contributed by atoms with van der Waals surface area (Å²) in [5.74, 6) is 0. The topological polar surface area (TPSA) is 17.8 Å². The molecule has 11 aromatic rings. The Balaban J connectivity index is 1.37. The number of benzene rings is 10. The van der Waals surface area contributed by atoms with E-state index in [2.05, 4.69) is 211 Å². The standard InChI is InChI=1S/C53H34N2/c1-4-19-36(20-5-1)48-50(45-30-16-17-31-46(45)53-51(48)52(37-21-6-2-7-22-37)54-55(53)40-24-8-3-9-25-40)49-43-28-14-12-26-41(43)47(42-27-13-15-29-44(42)49)39-33-32-35-18-10-11-23-38(35)34-39/h1-34H. The first-order chi connectivity index (χ1) is 27.3. The number of hydrogen-bond donors (Lipinski definition) is 0. The first-order valence-corrected chi connectivity index (χ1v) is 18.9. The molecule has 0 radical (unpaired) electrons. The molecule has 1 aromatic heterocycles. The number of aromatic nitrogens is 2. The van der Waals surface area contributed by atoms with E-state index in [-0.39, 0.29) is 0 Å². The minimum absolute atomic E-state index is 0.965. The van der Waals surface area contributed by atoms with Gasteiger partial charge in [0.1, 0.15) is 5.69 Å². The molecule has 0 spiro atoms. The Bertz CT molecular complexity index is 3180. The van der Waals surface area contributed by atoms with E-state index in [1.165, 1.54) is 65.5 Å². The number of rotatable bonds is 5. The summed E-state index contributed by atoms with van der Waals surface area (Å²) in [6, 6.07) is 74.6. The Morgan fingerprint density at radius 2 is 0.782 bits per heavy atom. The van der Waals surface area contributed by atoms with Crippen molar-refractivity contribution in [1.29, 1.82) is 0 Å². The Hall–Kier alpha value is -7.29. The number of hydrogen-bond acceptors (Lipinski definition) is 1. The van der Waals surface area contributed by atoms with Gasteiger partial charge >= 0.3 is 0 Å². The van der Waals surface area contributed by atoms with Gasteiger partial charge in [-0.3, -0.25) is 0 Å². The molecule has 0 atom stereocenters. The Kier molecular flexibility index (Phi) is 7.21. The normalized spacial score (nSPS) is 11.6. The van der Waals surface area contributed by atoms with Gasteiger partial charge in [0, 0.05) is 21.9 Å². The average Bonchev–Trinajstić information content (AvgIpc) is 3.67. The summed E-state index contributed by atoms with van der Waals surface area (Å²) in [4.78, 5) is 0. The van der Waals surface area contributed by atoms with E-state index in [0.29, 0.717) is 0 Å². The van der Waals surface area contributed by atoms with Crippen molar-refractivity contribution in [3.05, 3.63) is 206 Å². The van der Waals surface area contributed by atoms with Crippen molar-refractivity contribution < 1.29 is 0 Å². The molecule has 2 nitrogen and oxygen atoms in total. The molecule has 0 unspecified atom stereocenters. The average molecular weight is 699 g/mol. The molecule has 0 saturated carbocycles. The van der Waals surface area contributed by atoms with E-state index in [0.717, 1.165) is 38.8 Å². The molecule has 0 amide bonds. The smallest absolute Gasteiger partial charge is 0.101 e. The van der Waals surface area contributed by atoms with Gasteiger partial charge in [-0.25, -0.2) is 4.68 Å². The van der Waals surface area contributed by atoms with Crippen LogP contribution in [0.15, 0.2) is 206 Å². The van der Waals surface area contributed by atoms with Crippen molar-refractivity contribution in [2.24, 2.45) is 0 Å². The summed E-state index contributed by atoms with van der Waals surface area (Å²) in [7, 11) is 0. The third-order valence-electron chi connectivity index (χ3n) is 11.2. The van der Waals surface area contributed by atoms with E-state index in [1.807, 2.05) is 0 Å². The van der Waals surface area contributed by atoms with Gasteiger partial charge in [0.15, 0.2) is 0 Å². The van der Waals surface area contributed by atoms with Crippen LogP contribution in [-0.2, 0) is 0 Å². The van der Waals surface area contributed by atoms with Crippen LogP contribution in [0.4, 0.5) is 0 Å². The van der Waals surface area contributed by atoms with Gasteiger partial charge in [0.05, 0.1) is 11.2 Å². The molecule has 2 heteroatoms. The van der Waals surface area contributed by atoms with Gasteiger partial charge in [-0.2, -0.15) is 5.10 Å². The van der Waals surface area contributed by atoms with E-state index >= 15 is 0 Å². The monoisotopic (exact) mass is 698 g/mol. The van der Waals surface area contributed by atoms with Crippen molar-refractivity contribution in [2.45, 2.75) is 0 Å². The van der Waals surface area contributed by atoms with Crippen molar-refractivity contribution in [2.75, 3.05) is 0 Å². The van der Waals surface area contributed by atoms with E-state index in [1.54, 1.807) is 0 Å². The van der Waals surface area contributed by atoms with E-state index in [9.17, 15) is 0 Å². The molecule has 0 aliphatic heterocycles. The van der Waals surface area contributed by atoms with Crippen LogP contribution in [0.25, 0.3) is 104 Å². The molecule has 1 heterocycles. The molecule has 0 fully saturated rings. The summed E-state index contributed by atoms with van der Waals surface area (Å²) < 4.78 is 2.16. The van der Waals surface area contributed by atoms with Crippen molar-refractivity contribution in [1.82, 2.24) is 9.78 Å². The summed E-state index contributed by atoms with van der Waals surface area (Å²) in [6.45, 7) is 0. The number of para-hydroxylation sites is 1. The highest BCUT2D eigenvalue weighted by Gasteiger charge is 2.28. The fourth-order valence-electron chi connectivity index (χ4n) is 8.83. The Labute approximate surface area is 319 Å². The Morgan fingerprint density at radius 3 is 1.40 bits per heavy atom. The van der Waals surface area contributed by atoms with Crippen molar-refractivity contribution >= 4 is 54.0 Å². The SMILES string of the molecule is c1ccc(-c2nn(-c3ccccc3)c3c2c(-c2ccccc2)c(-c2c4ccccc4c(-c4ccc5ccccc5c4)c4ccccc24)c2ccccc23)cc1. The predicted molar refractivity (Wildman–Crippen MR) is 233 cm³/mol. The minimum atomic E-state index is 0.965. The summed E-state index contributed by atoms with van der Waals surface area (Å²) in [5.41, 5.74) is 11.5. The minimum Gasteiger partial charge on any atom is -0.232 e. The summed E-state index contributed by atoms with van der Waals surface area (Å²) in [6.07, 6.45) is 0. The maximum absolute atomic E-state index is 5.52. The lowest BCUT2D eigenvalue weighted by Gasteiger charge is -2.23. The molecule has 256 valence electrons. The largest absolute Gasteiger partial charge is 0.232 e. The zero-order chi connectivity index (χ0) is 36.3. The third-order valence-corrected chi connectivity index (χ3v) is 11.2. The summed E-state index contributed by atoms with van der Waals surface area (Å²) >= 11 is 0. The third kappa shape index (κ3) is 4.92. The molecule has 0 aliphatic carbocycles. The van der Waals surface area contributed by atoms with E-state index < -0.39 is 0 Å². The zero-order valence-electron chi connectivity index (χ0n) is 30.0. The van der Waals surface area contributed by atoms with Crippen LogP contribution in [0, 0.1) is 0 Å². The fraction of sp³-hybridized carbons (Fsp3) is 0. The predicted octanol–water partition coefficient (Wildman–Crippen LogP) is 14.3. The highest BCUT2D eigenvalue weighted by atomic mass is 15.3. The van der Waals surface area contributed by atoms with Crippen LogP contribution in [0.1, 0.15) is 0 Å². The first-order valence-electron chi connectivity index (χ1n) is 18.9. The molecular weight excluding hydrogens is 665 g/mol.